The molecule has 4 heteroatoms. The van der Waals surface area contributed by atoms with Crippen LogP contribution in [0.15, 0.2) is 12.3 Å². The maximum absolute atomic E-state index is 5.85. The van der Waals surface area contributed by atoms with Gasteiger partial charge in [0.2, 0.25) is 0 Å². The largest absolute Gasteiger partial charge is 0.486 e. The Morgan fingerprint density at radius 3 is 2.56 bits per heavy atom. The summed E-state index contributed by atoms with van der Waals surface area (Å²) in [7, 11) is 0. The summed E-state index contributed by atoms with van der Waals surface area (Å²) < 4.78 is 11.5. The molecule has 1 heterocycles. The molecule has 1 saturated carbocycles. The monoisotopic (exact) mass is 241 g/mol. The molecule has 0 aliphatic heterocycles. The van der Waals surface area contributed by atoms with Crippen molar-refractivity contribution in [2.24, 2.45) is 0 Å². The van der Waals surface area contributed by atoms with Gasteiger partial charge in [0.25, 0.3) is 0 Å². The van der Waals surface area contributed by atoms with Gasteiger partial charge >= 0.3 is 0 Å². The number of ether oxygens (including phenoxy) is 2. The number of pyridine rings is 1. The van der Waals surface area contributed by atoms with Crippen LogP contribution < -0.4 is 9.47 Å². The molecule has 0 radical (unpaired) electrons. The number of hydrogen-bond acceptors (Lipinski definition) is 3. The molecule has 1 aromatic heterocycles. The van der Waals surface area contributed by atoms with Gasteiger partial charge in [-0.2, -0.15) is 0 Å². The highest BCUT2D eigenvalue weighted by Gasteiger charge is 2.26. The molecule has 0 unspecified atom stereocenters. The summed E-state index contributed by atoms with van der Waals surface area (Å²) in [5, 5.41) is 0.428. The molecule has 3 nitrogen and oxygen atoms in total. The van der Waals surface area contributed by atoms with E-state index in [9.17, 15) is 0 Å². The van der Waals surface area contributed by atoms with Crippen molar-refractivity contribution in [3.8, 4) is 11.5 Å². The predicted molar refractivity (Wildman–Crippen MR) is 63.3 cm³/mol. The van der Waals surface area contributed by atoms with Gasteiger partial charge in [0, 0.05) is 6.07 Å². The van der Waals surface area contributed by atoms with Crippen molar-refractivity contribution in [3.05, 3.63) is 17.4 Å². The van der Waals surface area contributed by atoms with Crippen LogP contribution in [-0.2, 0) is 0 Å². The third-order valence-corrected chi connectivity index (χ3v) is 2.24. The molecule has 0 N–H and O–H groups in total. The van der Waals surface area contributed by atoms with Gasteiger partial charge in [0.05, 0.1) is 12.3 Å². The number of hydrogen-bond donors (Lipinski definition) is 0. The number of nitrogens with zero attached hydrogens (tertiary/aromatic N) is 1. The van der Waals surface area contributed by atoms with Gasteiger partial charge < -0.3 is 9.47 Å². The van der Waals surface area contributed by atoms with Gasteiger partial charge in [0.1, 0.15) is 10.8 Å². The Morgan fingerprint density at radius 1 is 1.31 bits per heavy atom. The van der Waals surface area contributed by atoms with Crippen LogP contribution in [-0.4, -0.2) is 16.7 Å². The van der Waals surface area contributed by atoms with Gasteiger partial charge in [-0.25, -0.2) is 4.98 Å². The van der Waals surface area contributed by atoms with E-state index in [1.165, 1.54) is 0 Å². The van der Waals surface area contributed by atoms with Crippen molar-refractivity contribution in [2.45, 2.75) is 45.3 Å². The standard InChI is InChI=1S/C12H16ClNO2/c1-12(2,3)16-10-7-14-11(13)6-9(10)15-8-4-5-8/h6-8H,4-5H2,1-3H3. The van der Waals surface area contributed by atoms with E-state index in [0.717, 1.165) is 12.8 Å². The maximum Gasteiger partial charge on any atom is 0.180 e. The van der Waals surface area contributed by atoms with Gasteiger partial charge in [-0.15, -0.1) is 0 Å². The van der Waals surface area contributed by atoms with Crippen LogP contribution in [0.2, 0.25) is 5.15 Å². The summed E-state index contributed by atoms with van der Waals surface area (Å²) in [6, 6.07) is 1.71. The molecule has 0 aromatic carbocycles. The van der Waals surface area contributed by atoms with E-state index in [0.29, 0.717) is 22.8 Å². The van der Waals surface area contributed by atoms with E-state index in [1.54, 1.807) is 12.3 Å². The normalized spacial score (nSPS) is 16.0. The first-order valence-corrected chi connectivity index (χ1v) is 5.83. The van der Waals surface area contributed by atoms with E-state index < -0.39 is 0 Å². The molecular formula is C12H16ClNO2. The minimum Gasteiger partial charge on any atom is -0.486 e. The van der Waals surface area contributed by atoms with Gasteiger partial charge in [-0.1, -0.05) is 11.6 Å². The maximum atomic E-state index is 5.85. The molecule has 0 amide bonds. The Hall–Kier alpha value is -0.960. The van der Waals surface area contributed by atoms with Crippen molar-refractivity contribution in [2.75, 3.05) is 0 Å². The fourth-order valence-electron chi connectivity index (χ4n) is 1.26. The zero-order valence-corrected chi connectivity index (χ0v) is 10.5. The highest BCUT2D eigenvalue weighted by molar-refractivity contribution is 6.29. The Balaban J connectivity index is 2.20. The topological polar surface area (TPSA) is 31.4 Å². The van der Waals surface area contributed by atoms with Gasteiger partial charge in [0.15, 0.2) is 11.5 Å². The predicted octanol–water partition coefficient (Wildman–Crippen LogP) is 3.45. The summed E-state index contributed by atoms with van der Waals surface area (Å²) in [5.74, 6) is 1.35. The highest BCUT2D eigenvalue weighted by Crippen LogP contribution is 2.36. The first-order valence-electron chi connectivity index (χ1n) is 5.45. The van der Waals surface area contributed by atoms with Crippen molar-refractivity contribution >= 4 is 11.6 Å². The van der Waals surface area contributed by atoms with Crippen LogP contribution in [0.25, 0.3) is 0 Å². The number of halogens is 1. The average molecular weight is 242 g/mol. The lowest BCUT2D eigenvalue weighted by Crippen LogP contribution is -2.23. The Bertz CT molecular complexity index is 383. The molecule has 16 heavy (non-hydrogen) atoms. The minimum atomic E-state index is -0.267. The SMILES string of the molecule is CC(C)(C)Oc1cnc(Cl)cc1OC1CC1. The molecule has 0 spiro atoms. The van der Waals surface area contributed by atoms with Gasteiger partial charge in [-0.3, -0.25) is 0 Å². The second-order valence-corrected chi connectivity index (χ2v) is 5.37. The van der Waals surface area contributed by atoms with Crippen molar-refractivity contribution in [1.29, 1.82) is 0 Å². The summed E-state index contributed by atoms with van der Waals surface area (Å²) in [5.41, 5.74) is -0.267. The molecule has 0 bridgehead atoms. The summed E-state index contributed by atoms with van der Waals surface area (Å²) in [6.45, 7) is 5.97. The first kappa shape index (κ1) is 11.5. The first-order chi connectivity index (χ1) is 7.44. The molecule has 1 aliphatic carbocycles. The molecule has 88 valence electrons. The lowest BCUT2D eigenvalue weighted by Gasteiger charge is -2.22. The molecule has 1 aromatic rings. The summed E-state index contributed by atoms with van der Waals surface area (Å²) in [6.07, 6.45) is 4.15. The van der Waals surface area contributed by atoms with E-state index in [-0.39, 0.29) is 5.60 Å². The van der Waals surface area contributed by atoms with Crippen molar-refractivity contribution in [3.63, 3.8) is 0 Å². The second-order valence-electron chi connectivity index (χ2n) is 4.99. The quantitative estimate of drug-likeness (QED) is 0.760. The number of rotatable bonds is 3. The molecular weight excluding hydrogens is 226 g/mol. The van der Waals surface area contributed by atoms with Crippen molar-refractivity contribution in [1.82, 2.24) is 4.98 Å². The Labute approximate surface area is 101 Å². The third kappa shape index (κ3) is 3.27. The summed E-state index contributed by atoms with van der Waals surface area (Å²) >= 11 is 5.85. The van der Waals surface area contributed by atoms with Crippen LogP contribution >= 0.6 is 11.6 Å². The van der Waals surface area contributed by atoms with Crippen molar-refractivity contribution < 1.29 is 9.47 Å². The molecule has 1 fully saturated rings. The lowest BCUT2D eigenvalue weighted by molar-refractivity contribution is 0.122. The van der Waals surface area contributed by atoms with Crippen LogP contribution in [0.5, 0.6) is 11.5 Å². The van der Waals surface area contributed by atoms with Gasteiger partial charge in [-0.05, 0) is 33.6 Å². The Kier molecular flexibility index (Phi) is 2.98. The molecule has 0 atom stereocenters. The molecule has 1 aliphatic rings. The number of aromatic nitrogens is 1. The average Bonchev–Trinajstić information content (AvgIpc) is 2.91. The zero-order chi connectivity index (χ0) is 11.8. The third-order valence-electron chi connectivity index (χ3n) is 2.03. The van der Waals surface area contributed by atoms with Crippen LogP contribution in [0.3, 0.4) is 0 Å². The summed E-state index contributed by atoms with van der Waals surface area (Å²) in [4.78, 5) is 4.01. The van der Waals surface area contributed by atoms with E-state index in [2.05, 4.69) is 4.98 Å². The minimum absolute atomic E-state index is 0.267. The second kappa shape index (κ2) is 4.13. The highest BCUT2D eigenvalue weighted by atomic mass is 35.5. The zero-order valence-electron chi connectivity index (χ0n) is 9.79. The van der Waals surface area contributed by atoms with Crippen LogP contribution in [0.4, 0.5) is 0 Å². The Morgan fingerprint density at radius 2 is 2.00 bits per heavy atom. The van der Waals surface area contributed by atoms with E-state index >= 15 is 0 Å². The van der Waals surface area contributed by atoms with Crippen LogP contribution in [0.1, 0.15) is 33.6 Å². The van der Waals surface area contributed by atoms with E-state index in [1.807, 2.05) is 20.8 Å². The lowest BCUT2D eigenvalue weighted by atomic mass is 10.2. The molecule has 0 saturated heterocycles. The van der Waals surface area contributed by atoms with E-state index in [4.69, 9.17) is 21.1 Å². The fraction of sp³-hybridized carbons (Fsp3) is 0.583. The molecule has 2 rings (SSSR count). The smallest absolute Gasteiger partial charge is 0.180 e. The fourth-order valence-corrected chi connectivity index (χ4v) is 1.41. The van der Waals surface area contributed by atoms with Crippen LogP contribution in [0, 0.1) is 0 Å².